The predicted octanol–water partition coefficient (Wildman–Crippen LogP) is 6.03. The third-order valence-electron chi connectivity index (χ3n) is 6.54. The minimum absolute atomic E-state index is 0.00333. The number of anilines is 1. The number of benzene rings is 2. The van der Waals surface area contributed by atoms with Crippen LogP contribution >= 0.6 is 0 Å². The molecular weight excluding hydrogens is 553 g/mol. The summed E-state index contributed by atoms with van der Waals surface area (Å²) in [5.74, 6) is -1.70. The number of carboxylic acid groups (broad SMARTS) is 1. The normalized spacial score (nSPS) is 12.2. The molecule has 2 aromatic carbocycles. The number of carbonyl (C=O) groups is 1. The van der Waals surface area contributed by atoms with Crippen molar-refractivity contribution in [2.75, 3.05) is 4.72 Å². The average molecular weight is 584 g/mol. The van der Waals surface area contributed by atoms with Crippen LogP contribution in [0.2, 0.25) is 0 Å². The Kier molecular flexibility index (Phi) is 10.3. The molecule has 0 aliphatic rings. The minimum Gasteiger partial charge on any atom is -0.493 e. The highest BCUT2D eigenvalue weighted by Crippen LogP contribution is 2.34. The van der Waals surface area contributed by atoms with E-state index in [2.05, 4.69) is 15.0 Å². The smallest absolute Gasteiger partial charge is 0.335 e. The molecule has 3 aromatic rings. The van der Waals surface area contributed by atoms with E-state index in [1.807, 2.05) is 13.8 Å². The number of halogens is 1. The van der Waals surface area contributed by atoms with Crippen LogP contribution in [0.4, 0.5) is 21.5 Å². The number of pyridine rings is 1. The average Bonchev–Trinajstić information content (AvgIpc) is 2.96. The Bertz CT molecular complexity index is 1630. The van der Waals surface area contributed by atoms with Crippen molar-refractivity contribution in [2.45, 2.75) is 57.6 Å². The molecule has 1 unspecified atom stereocenters. The molecule has 1 heterocycles. The number of hydrogen-bond donors (Lipinski definition) is 3. The highest BCUT2D eigenvalue weighted by molar-refractivity contribution is 7.92. The summed E-state index contributed by atoms with van der Waals surface area (Å²) < 4.78 is 42.8. The minimum atomic E-state index is -4.02. The number of aromatic hydroxyl groups is 1. The van der Waals surface area contributed by atoms with E-state index in [9.17, 15) is 32.8 Å². The largest absolute Gasteiger partial charge is 0.493 e. The molecule has 13 heteroatoms. The van der Waals surface area contributed by atoms with Crippen molar-refractivity contribution in [3.63, 3.8) is 0 Å². The Morgan fingerprint density at radius 2 is 1.78 bits per heavy atom. The van der Waals surface area contributed by atoms with E-state index in [1.165, 1.54) is 48.5 Å². The van der Waals surface area contributed by atoms with E-state index in [4.69, 9.17) is 5.11 Å². The van der Waals surface area contributed by atoms with E-state index in [0.29, 0.717) is 0 Å². The van der Waals surface area contributed by atoms with Gasteiger partial charge in [0.15, 0.2) is 5.69 Å². The predicted molar refractivity (Wildman–Crippen MR) is 150 cm³/mol. The Balaban J connectivity index is 1.91. The van der Waals surface area contributed by atoms with Gasteiger partial charge in [-0.25, -0.2) is 17.6 Å². The molecule has 0 saturated carbocycles. The summed E-state index contributed by atoms with van der Waals surface area (Å²) in [7, 11) is -4.02. The van der Waals surface area contributed by atoms with E-state index in [0.717, 1.165) is 30.3 Å². The monoisotopic (exact) mass is 583 g/mol. The summed E-state index contributed by atoms with van der Waals surface area (Å²) >= 11 is 0. The fourth-order valence-corrected chi connectivity index (χ4v) is 5.19. The van der Waals surface area contributed by atoms with Crippen LogP contribution in [0, 0.1) is 17.2 Å². The molecule has 3 rings (SSSR count). The number of nitriles is 1. The Labute approximate surface area is 236 Å². The molecular formula is C28H30FN5O6S. The number of hydrogen-bond acceptors (Lipinski definition) is 8. The van der Waals surface area contributed by atoms with Crippen LogP contribution in [0.5, 0.6) is 5.88 Å². The lowest BCUT2D eigenvalue weighted by molar-refractivity contribution is 0.0697. The molecule has 0 bridgehead atoms. The third-order valence-corrected chi connectivity index (χ3v) is 7.94. The van der Waals surface area contributed by atoms with Crippen molar-refractivity contribution in [3.05, 3.63) is 75.6 Å². The topological polar surface area (TPSA) is 174 Å². The van der Waals surface area contributed by atoms with Gasteiger partial charge in [-0.05, 0) is 60.9 Å². The molecule has 0 amide bonds. The highest BCUT2D eigenvalue weighted by atomic mass is 32.2. The first-order valence-electron chi connectivity index (χ1n) is 12.9. The van der Waals surface area contributed by atoms with E-state index in [1.54, 1.807) is 6.07 Å². The van der Waals surface area contributed by atoms with Crippen molar-refractivity contribution < 1.29 is 27.8 Å². The van der Waals surface area contributed by atoms with Gasteiger partial charge in [-0.2, -0.15) is 10.4 Å². The summed E-state index contributed by atoms with van der Waals surface area (Å²) in [5.41, 5.74) is -1.67. The maximum Gasteiger partial charge on any atom is 0.335 e. The zero-order chi connectivity index (χ0) is 30.2. The summed E-state index contributed by atoms with van der Waals surface area (Å²) in [6.07, 6.45) is 3.41. The van der Waals surface area contributed by atoms with Crippen LogP contribution in [0.15, 0.2) is 68.4 Å². The van der Waals surface area contributed by atoms with Gasteiger partial charge >= 0.3 is 5.97 Å². The number of aromatic carboxylic acids is 1. The van der Waals surface area contributed by atoms with Gasteiger partial charge in [0.25, 0.3) is 15.6 Å². The van der Waals surface area contributed by atoms with Gasteiger partial charge in [-0.15, -0.1) is 5.11 Å². The third kappa shape index (κ3) is 7.34. The number of carboxylic acids is 1. The number of aromatic nitrogens is 1. The van der Waals surface area contributed by atoms with Crippen LogP contribution in [-0.4, -0.2) is 29.2 Å². The SMILES string of the molecule is CCCCC(CC)Cn1c(O)c(/N=N/c2ccc(S(=O)(=O)Nc3ccc(C(=O)O)cc3)cc2)c(CF)c(C#N)c1=O. The van der Waals surface area contributed by atoms with E-state index < -0.39 is 39.7 Å². The number of rotatable bonds is 13. The lowest BCUT2D eigenvalue weighted by Gasteiger charge is -2.19. The van der Waals surface area contributed by atoms with Crippen molar-refractivity contribution in [2.24, 2.45) is 16.1 Å². The zero-order valence-electron chi connectivity index (χ0n) is 22.5. The van der Waals surface area contributed by atoms with Gasteiger partial charge in [-0.3, -0.25) is 14.1 Å². The van der Waals surface area contributed by atoms with Crippen molar-refractivity contribution in [1.29, 1.82) is 5.26 Å². The van der Waals surface area contributed by atoms with E-state index in [-0.39, 0.29) is 45.5 Å². The second kappa shape index (κ2) is 13.7. The molecule has 1 aromatic heterocycles. The number of sulfonamides is 1. The summed E-state index contributed by atoms with van der Waals surface area (Å²) in [4.78, 5) is 23.8. The van der Waals surface area contributed by atoms with Crippen LogP contribution in [0.1, 0.15) is 61.0 Å². The summed E-state index contributed by atoms with van der Waals surface area (Å²) in [6, 6.07) is 12.0. The molecule has 0 saturated heterocycles. The molecule has 41 heavy (non-hydrogen) atoms. The quantitative estimate of drug-likeness (QED) is 0.206. The number of azo groups is 1. The van der Waals surface area contributed by atoms with Crippen LogP contribution in [0.25, 0.3) is 0 Å². The van der Waals surface area contributed by atoms with Crippen LogP contribution in [-0.2, 0) is 23.2 Å². The first-order valence-corrected chi connectivity index (χ1v) is 14.4. The lowest BCUT2D eigenvalue weighted by atomic mass is 9.99. The number of unbranched alkanes of at least 4 members (excludes halogenated alkanes) is 1. The Morgan fingerprint density at radius 3 is 2.32 bits per heavy atom. The van der Waals surface area contributed by atoms with Crippen molar-refractivity contribution in [3.8, 4) is 11.9 Å². The lowest BCUT2D eigenvalue weighted by Crippen LogP contribution is -2.27. The summed E-state index contributed by atoms with van der Waals surface area (Å²) in [5, 5.41) is 37.4. The van der Waals surface area contributed by atoms with Crippen molar-refractivity contribution >= 4 is 33.1 Å². The molecule has 0 aliphatic heterocycles. The van der Waals surface area contributed by atoms with Crippen molar-refractivity contribution in [1.82, 2.24) is 4.57 Å². The fourth-order valence-electron chi connectivity index (χ4n) is 4.13. The van der Waals surface area contributed by atoms with Gasteiger partial charge in [-0.1, -0.05) is 33.1 Å². The van der Waals surface area contributed by atoms with Gasteiger partial charge in [0.1, 0.15) is 18.3 Å². The number of nitrogens with one attached hydrogen (secondary N) is 1. The molecule has 216 valence electrons. The van der Waals surface area contributed by atoms with E-state index >= 15 is 0 Å². The molecule has 0 aliphatic carbocycles. The second-order valence-electron chi connectivity index (χ2n) is 9.29. The molecule has 0 fully saturated rings. The second-order valence-corrected chi connectivity index (χ2v) is 11.0. The maximum atomic E-state index is 14.0. The van der Waals surface area contributed by atoms with Crippen LogP contribution < -0.4 is 10.3 Å². The number of alkyl halides is 1. The summed E-state index contributed by atoms with van der Waals surface area (Å²) in [6.45, 7) is 2.89. The molecule has 1 atom stereocenters. The molecule has 0 spiro atoms. The van der Waals surface area contributed by atoms with Gasteiger partial charge < -0.3 is 10.2 Å². The fraction of sp³-hybridized carbons (Fsp3) is 0.321. The highest BCUT2D eigenvalue weighted by Gasteiger charge is 2.23. The molecule has 3 N–H and O–H groups in total. The standard InChI is InChI=1S/C28H30FN5O6S/c1-3-5-6-18(4-2)17-34-26(35)24(16-30)23(15-29)25(27(34)36)32-31-20-11-13-22(14-12-20)41(39,40)33-21-9-7-19(8-10-21)28(37)38/h7-14,18,33,36H,3-6,15,17H2,1-2H3,(H,37,38)/b32-31+. The maximum absolute atomic E-state index is 14.0. The first kappa shape index (κ1) is 31.0. The zero-order valence-corrected chi connectivity index (χ0v) is 23.4. The Hall–Kier alpha value is -4.57. The molecule has 0 radical (unpaired) electrons. The van der Waals surface area contributed by atoms with Gasteiger partial charge in [0.2, 0.25) is 5.88 Å². The van der Waals surface area contributed by atoms with Crippen LogP contribution in [0.3, 0.4) is 0 Å². The first-order chi connectivity index (χ1) is 19.6. The number of nitrogens with zero attached hydrogens (tertiary/aromatic N) is 4. The Morgan fingerprint density at radius 1 is 1.12 bits per heavy atom. The molecule has 11 nitrogen and oxygen atoms in total. The van der Waals surface area contributed by atoms with Gasteiger partial charge in [0, 0.05) is 17.8 Å². The van der Waals surface area contributed by atoms with Gasteiger partial charge in [0.05, 0.1) is 16.1 Å².